The SMILES string of the molecule is COc1cc(C)c(S(=O)(=O)N(C)CCC(=O)Cc2cc(C)c(N3CCC(CCN(C)C)CC3)nn2)c(C)c1. The molecule has 1 aromatic carbocycles. The minimum absolute atomic E-state index is 0.0709. The van der Waals surface area contributed by atoms with Crippen LogP contribution in [0.2, 0.25) is 0 Å². The number of Topliss-reactive ketones (excluding diaryl/α,β-unsaturated/α-hetero) is 1. The Balaban J connectivity index is 1.55. The maximum atomic E-state index is 13.2. The van der Waals surface area contributed by atoms with Crippen LogP contribution in [0.5, 0.6) is 5.75 Å². The molecule has 1 fully saturated rings. The zero-order valence-corrected chi connectivity index (χ0v) is 24.8. The second kappa shape index (κ2) is 13.0. The molecular formula is C28H43N5O4S. The van der Waals surface area contributed by atoms with Crippen molar-refractivity contribution >= 4 is 21.6 Å². The Morgan fingerprint density at radius 1 is 1.00 bits per heavy atom. The second-order valence-electron chi connectivity index (χ2n) is 10.7. The van der Waals surface area contributed by atoms with Gasteiger partial charge in [0.1, 0.15) is 11.5 Å². The number of hydrogen-bond donors (Lipinski definition) is 0. The minimum Gasteiger partial charge on any atom is -0.497 e. The maximum Gasteiger partial charge on any atom is 0.243 e. The molecule has 9 nitrogen and oxygen atoms in total. The molecule has 38 heavy (non-hydrogen) atoms. The molecule has 1 aromatic heterocycles. The monoisotopic (exact) mass is 545 g/mol. The molecule has 210 valence electrons. The van der Waals surface area contributed by atoms with Gasteiger partial charge in [-0.25, -0.2) is 12.7 Å². The van der Waals surface area contributed by atoms with Crippen LogP contribution in [0.1, 0.15) is 48.1 Å². The van der Waals surface area contributed by atoms with Crippen LogP contribution in [0.3, 0.4) is 0 Å². The molecule has 1 saturated heterocycles. The second-order valence-corrected chi connectivity index (χ2v) is 12.7. The maximum absolute atomic E-state index is 13.2. The van der Waals surface area contributed by atoms with Crippen LogP contribution < -0.4 is 9.64 Å². The van der Waals surface area contributed by atoms with E-state index in [2.05, 4.69) is 34.1 Å². The fourth-order valence-electron chi connectivity index (χ4n) is 5.09. The first-order valence-electron chi connectivity index (χ1n) is 13.3. The van der Waals surface area contributed by atoms with Gasteiger partial charge in [0.25, 0.3) is 0 Å². The van der Waals surface area contributed by atoms with Crippen molar-refractivity contribution in [3.8, 4) is 5.75 Å². The average Bonchev–Trinajstić information content (AvgIpc) is 2.85. The molecule has 2 aromatic rings. The number of piperidine rings is 1. The van der Waals surface area contributed by atoms with E-state index in [0.717, 1.165) is 49.8 Å². The molecule has 0 spiro atoms. The highest BCUT2D eigenvalue weighted by molar-refractivity contribution is 7.89. The number of rotatable bonds is 12. The molecule has 0 amide bonds. The van der Waals surface area contributed by atoms with E-state index in [1.165, 1.54) is 17.8 Å². The van der Waals surface area contributed by atoms with Gasteiger partial charge in [0.05, 0.1) is 24.1 Å². The summed E-state index contributed by atoms with van der Waals surface area (Å²) in [5.74, 6) is 2.18. The lowest BCUT2D eigenvalue weighted by atomic mass is 9.93. The molecule has 0 bridgehead atoms. The Bertz CT molecular complexity index is 1200. The summed E-state index contributed by atoms with van der Waals surface area (Å²) in [5.41, 5.74) is 2.86. The van der Waals surface area contributed by atoms with Gasteiger partial charge in [-0.2, -0.15) is 5.10 Å². The summed E-state index contributed by atoms with van der Waals surface area (Å²) in [7, 11) is 3.55. The molecule has 1 aliphatic heterocycles. The van der Waals surface area contributed by atoms with Gasteiger partial charge in [-0.15, -0.1) is 5.10 Å². The molecular weight excluding hydrogens is 502 g/mol. The number of anilines is 1. The topological polar surface area (TPSA) is 95.9 Å². The Kier molecular flexibility index (Phi) is 10.3. The molecule has 10 heteroatoms. The minimum atomic E-state index is -3.74. The molecule has 2 heterocycles. The number of ether oxygens (including phenoxy) is 1. The van der Waals surface area contributed by atoms with Crippen molar-refractivity contribution in [2.75, 3.05) is 59.3 Å². The van der Waals surface area contributed by atoms with Crippen LogP contribution in [-0.2, 0) is 21.2 Å². The van der Waals surface area contributed by atoms with Crippen molar-refractivity contribution < 1.29 is 17.9 Å². The van der Waals surface area contributed by atoms with E-state index in [1.54, 1.807) is 33.1 Å². The lowest BCUT2D eigenvalue weighted by molar-refractivity contribution is -0.118. The van der Waals surface area contributed by atoms with Gasteiger partial charge in [-0.3, -0.25) is 4.79 Å². The number of carbonyl (C=O) groups is 1. The normalized spacial score (nSPS) is 14.9. The van der Waals surface area contributed by atoms with Gasteiger partial charge in [0, 0.05) is 33.1 Å². The first kappa shape index (κ1) is 30.0. The van der Waals surface area contributed by atoms with Crippen molar-refractivity contribution in [1.29, 1.82) is 0 Å². The van der Waals surface area contributed by atoms with E-state index in [1.807, 2.05) is 13.0 Å². The molecule has 3 rings (SSSR count). The highest BCUT2D eigenvalue weighted by atomic mass is 32.2. The zero-order chi connectivity index (χ0) is 28.0. The van der Waals surface area contributed by atoms with Gasteiger partial charge in [-0.1, -0.05) is 0 Å². The smallest absolute Gasteiger partial charge is 0.243 e. The molecule has 1 aliphatic rings. The standard InChI is InChI=1S/C28H43N5O4S/c1-20-17-26(37-7)18-21(2)27(20)38(35,36)32(6)13-11-25(34)19-24-16-22(3)28(30-29-24)33-14-9-23(10-15-33)8-12-31(4)5/h16-18,23H,8-15,19H2,1-7H3. The lowest BCUT2D eigenvalue weighted by Gasteiger charge is -2.33. The molecule has 0 N–H and O–H groups in total. The number of nitrogens with zero attached hydrogens (tertiary/aromatic N) is 5. The van der Waals surface area contributed by atoms with Gasteiger partial charge < -0.3 is 14.5 Å². The summed E-state index contributed by atoms with van der Waals surface area (Å²) in [6, 6.07) is 5.34. The van der Waals surface area contributed by atoms with Gasteiger partial charge in [-0.05, 0) is 101 Å². The third-order valence-electron chi connectivity index (χ3n) is 7.33. The van der Waals surface area contributed by atoms with Gasteiger partial charge in [0.2, 0.25) is 10.0 Å². The molecule has 0 unspecified atom stereocenters. The number of hydrogen-bond acceptors (Lipinski definition) is 8. The summed E-state index contributed by atoms with van der Waals surface area (Å²) in [6.07, 6.45) is 3.77. The number of benzene rings is 1. The van der Waals surface area contributed by atoms with Crippen LogP contribution in [0.4, 0.5) is 5.82 Å². The summed E-state index contributed by atoms with van der Waals surface area (Å²) in [6.45, 7) is 8.67. The highest BCUT2D eigenvalue weighted by Gasteiger charge is 2.26. The molecule has 0 aliphatic carbocycles. The fourth-order valence-corrected chi connectivity index (χ4v) is 6.67. The predicted molar refractivity (Wildman–Crippen MR) is 150 cm³/mol. The van der Waals surface area contributed by atoms with Crippen molar-refractivity contribution in [2.45, 2.75) is 57.8 Å². The number of aryl methyl sites for hydroxylation is 3. The highest BCUT2D eigenvalue weighted by Crippen LogP contribution is 2.28. The number of aromatic nitrogens is 2. The van der Waals surface area contributed by atoms with Gasteiger partial charge >= 0.3 is 0 Å². The molecule has 0 atom stereocenters. The summed E-state index contributed by atoms with van der Waals surface area (Å²) >= 11 is 0. The van der Waals surface area contributed by atoms with Crippen LogP contribution in [0.25, 0.3) is 0 Å². The van der Waals surface area contributed by atoms with Gasteiger partial charge in [0.15, 0.2) is 5.82 Å². The van der Waals surface area contributed by atoms with Crippen molar-refractivity contribution in [1.82, 2.24) is 19.4 Å². The van der Waals surface area contributed by atoms with Crippen LogP contribution >= 0.6 is 0 Å². The van der Waals surface area contributed by atoms with Crippen molar-refractivity contribution in [3.05, 3.63) is 40.6 Å². The summed E-state index contributed by atoms with van der Waals surface area (Å²) < 4.78 is 32.9. The number of sulfonamides is 1. The number of ketones is 1. The molecule has 0 saturated carbocycles. The number of carbonyl (C=O) groups excluding carboxylic acids is 1. The van der Waals surface area contributed by atoms with E-state index < -0.39 is 10.0 Å². The van der Waals surface area contributed by atoms with Crippen LogP contribution in [0, 0.1) is 26.7 Å². The Morgan fingerprint density at radius 2 is 1.63 bits per heavy atom. The number of methoxy groups -OCH3 is 1. The Labute approximate surface area is 228 Å². The van der Waals surface area contributed by atoms with E-state index in [4.69, 9.17) is 4.74 Å². The lowest BCUT2D eigenvalue weighted by Crippen LogP contribution is -2.35. The fraction of sp³-hybridized carbons (Fsp3) is 0.607. The average molecular weight is 546 g/mol. The van der Waals surface area contributed by atoms with E-state index in [-0.39, 0.29) is 30.1 Å². The van der Waals surface area contributed by atoms with Crippen LogP contribution in [0.15, 0.2) is 23.1 Å². The first-order valence-corrected chi connectivity index (χ1v) is 14.7. The van der Waals surface area contributed by atoms with E-state index >= 15 is 0 Å². The van der Waals surface area contributed by atoms with E-state index in [9.17, 15) is 13.2 Å². The van der Waals surface area contributed by atoms with Crippen molar-refractivity contribution in [3.63, 3.8) is 0 Å². The van der Waals surface area contributed by atoms with Crippen LogP contribution in [-0.4, -0.2) is 88.0 Å². The third-order valence-corrected chi connectivity index (χ3v) is 9.49. The zero-order valence-electron chi connectivity index (χ0n) is 24.0. The predicted octanol–water partition coefficient (Wildman–Crippen LogP) is 3.40. The van der Waals surface area contributed by atoms with E-state index in [0.29, 0.717) is 22.6 Å². The quantitative estimate of drug-likeness (QED) is 0.401. The first-order chi connectivity index (χ1) is 17.9. The Hall–Kier alpha value is -2.56. The Morgan fingerprint density at radius 3 is 2.18 bits per heavy atom. The summed E-state index contributed by atoms with van der Waals surface area (Å²) in [5, 5.41) is 8.79. The summed E-state index contributed by atoms with van der Waals surface area (Å²) in [4.78, 5) is 17.5. The largest absolute Gasteiger partial charge is 0.497 e. The third kappa shape index (κ3) is 7.51. The van der Waals surface area contributed by atoms with Crippen molar-refractivity contribution in [2.24, 2.45) is 5.92 Å². The molecule has 0 radical (unpaired) electrons.